The molecule has 0 N–H and O–H groups in total. The van der Waals surface area contributed by atoms with Crippen molar-refractivity contribution >= 4 is 5.78 Å². The van der Waals surface area contributed by atoms with Crippen LogP contribution >= 0.6 is 0 Å². The molecule has 2 unspecified atom stereocenters. The molecule has 0 fully saturated rings. The smallest absolute Gasteiger partial charge is 0.138 e. The quantitative estimate of drug-likeness (QED) is 0.480. The van der Waals surface area contributed by atoms with E-state index in [0.29, 0.717) is 11.7 Å². The molecule has 1 heteroatoms. The van der Waals surface area contributed by atoms with Crippen LogP contribution in [0.15, 0.2) is 0 Å². The van der Waals surface area contributed by atoms with Crippen molar-refractivity contribution in [2.45, 2.75) is 79.1 Å². The molecule has 0 spiro atoms. The molecule has 0 heterocycles. The van der Waals surface area contributed by atoms with Crippen LogP contribution < -0.4 is 0 Å². The predicted molar refractivity (Wildman–Crippen MR) is 71.6 cm³/mol. The van der Waals surface area contributed by atoms with Crippen molar-refractivity contribution in [2.24, 2.45) is 11.8 Å². The maximum absolute atomic E-state index is 12.1. The summed E-state index contributed by atoms with van der Waals surface area (Å²) in [5.74, 6) is 1.13. The first-order valence-corrected chi connectivity index (χ1v) is 7.20. The Kier molecular flexibility index (Phi) is 9.66. The Morgan fingerprint density at radius 1 is 0.938 bits per heavy atom. The molecule has 2 atom stereocenters. The average molecular weight is 226 g/mol. The van der Waals surface area contributed by atoms with Gasteiger partial charge in [-0.2, -0.15) is 0 Å². The van der Waals surface area contributed by atoms with Gasteiger partial charge in [-0.15, -0.1) is 0 Å². The maximum atomic E-state index is 12.1. The summed E-state index contributed by atoms with van der Waals surface area (Å²) in [7, 11) is 0. The van der Waals surface area contributed by atoms with Crippen LogP contribution in [0.3, 0.4) is 0 Å². The van der Waals surface area contributed by atoms with E-state index in [1.807, 2.05) is 0 Å². The van der Waals surface area contributed by atoms with E-state index in [2.05, 4.69) is 27.7 Å². The van der Waals surface area contributed by atoms with Crippen LogP contribution in [0, 0.1) is 11.8 Å². The van der Waals surface area contributed by atoms with E-state index in [4.69, 9.17) is 0 Å². The fraction of sp³-hybridized carbons (Fsp3) is 0.933. The van der Waals surface area contributed by atoms with E-state index in [-0.39, 0.29) is 5.92 Å². The summed E-state index contributed by atoms with van der Waals surface area (Å²) in [5.41, 5.74) is 0. The number of ketones is 1. The standard InChI is InChI=1S/C15H30O/c1-5-8-9-10-12-14(11-6-2)15(16)13(4)7-3/h13-14H,5-12H2,1-4H3. The molecule has 0 aromatic heterocycles. The lowest BCUT2D eigenvalue weighted by atomic mass is 9.85. The number of rotatable bonds is 10. The Morgan fingerprint density at radius 2 is 1.62 bits per heavy atom. The topological polar surface area (TPSA) is 17.1 Å². The van der Waals surface area contributed by atoms with Gasteiger partial charge in [-0.3, -0.25) is 4.79 Å². The lowest BCUT2D eigenvalue weighted by molar-refractivity contribution is -0.126. The molecule has 0 aliphatic heterocycles. The third-order valence-electron chi connectivity index (χ3n) is 3.54. The van der Waals surface area contributed by atoms with Gasteiger partial charge in [-0.05, 0) is 19.3 Å². The molecule has 0 aliphatic carbocycles. The molecule has 1 nitrogen and oxygen atoms in total. The summed E-state index contributed by atoms with van der Waals surface area (Å²) in [6.07, 6.45) is 9.47. The molecular formula is C15H30O. The normalized spacial score (nSPS) is 14.8. The second-order valence-corrected chi connectivity index (χ2v) is 5.05. The van der Waals surface area contributed by atoms with Gasteiger partial charge < -0.3 is 0 Å². The summed E-state index contributed by atoms with van der Waals surface area (Å²) in [4.78, 5) is 12.1. The summed E-state index contributed by atoms with van der Waals surface area (Å²) in [6.45, 7) is 8.61. The lowest BCUT2D eigenvalue weighted by Crippen LogP contribution is -2.21. The van der Waals surface area contributed by atoms with E-state index < -0.39 is 0 Å². The molecule has 0 aromatic carbocycles. The second kappa shape index (κ2) is 9.86. The number of carbonyl (C=O) groups is 1. The van der Waals surface area contributed by atoms with Crippen LogP contribution in [0.4, 0.5) is 0 Å². The Balaban J connectivity index is 4.00. The fourth-order valence-electron chi connectivity index (χ4n) is 2.20. The van der Waals surface area contributed by atoms with Crippen molar-refractivity contribution in [2.75, 3.05) is 0 Å². The van der Waals surface area contributed by atoms with Crippen LogP contribution in [0.1, 0.15) is 79.1 Å². The van der Waals surface area contributed by atoms with Crippen molar-refractivity contribution < 1.29 is 4.79 Å². The monoisotopic (exact) mass is 226 g/mol. The van der Waals surface area contributed by atoms with E-state index in [1.54, 1.807) is 0 Å². The summed E-state index contributed by atoms with van der Waals surface area (Å²) in [6, 6.07) is 0. The number of hydrogen-bond acceptors (Lipinski definition) is 1. The number of Topliss-reactive ketones (excluding diaryl/α,β-unsaturated/α-hetero) is 1. The van der Waals surface area contributed by atoms with Gasteiger partial charge in [0.05, 0.1) is 0 Å². The molecule has 16 heavy (non-hydrogen) atoms. The van der Waals surface area contributed by atoms with Gasteiger partial charge in [0.2, 0.25) is 0 Å². The Labute approximate surface area is 102 Å². The van der Waals surface area contributed by atoms with Crippen molar-refractivity contribution in [1.29, 1.82) is 0 Å². The zero-order valence-corrected chi connectivity index (χ0v) is 11.7. The lowest BCUT2D eigenvalue weighted by Gasteiger charge is -2.18. The second-order valence-electron chi connectivity index (χ2n) is 5.05. The molecular weight excluding hydrogens is 196 g/mol. The zero-order valence-electron chi connectivity index (χ0n) is 11.7. The fourth-order valence-corrected chi connectivity index (χ4v) is 2.20. The molecule has 0 rings (SSSR count). The number of unbranched alkanes of at least 4 members (excludes halogenated alkanes) is 3. The molecule has 0 aliphatic rings. The molecule has 0 aromatic rings. The highest BCUT2D eigenvalue weighted by Crippen LogP contribution is 2.21. The molecule has 96 valence electrons. The molecule has 0 amide bonds. The molecule has 0 bridgehead atoms. The van der Waals surface area contributed by atoms with E-state index in [9.17, 15) is 4.79 Å². The van der Waals surface area contributed by atoms with Crippen molar-refractivity contribution in [3.05, 3.63) is 0 Å². The molecule has 0 radical (unpaired) electrons. The molecule has 0 saturated carbocycles. The Morgan fingerprint density at radius 3 is 2.12 bits per heavy atom. The number of carbonyl (C=O) groups excluding carboxylic acids is 1. The largest absolute Gasteiger partial charge is 0.299 e. The minimum absolute atomic E-state index is 0.266. The first-order chi connectivity index (χ1) is 7.67. The molecule has 0 saturated heterocycles. The Hall–Kier alpha value is -0.330. The summed E-state index contributed by atoms with van der Waals surface area (Å²) < 4.78 is 0. The summed E-state index contributed by atoms with van der Waals surface area (Å²) >= 11 is 0. The third-order valence-corrected chi connectivity index (χ3v) is 3.54. The minimum atomic E-state index is 0.266. The highest BCUT2D eigenvalue weighted by atomic mass is 16.1. The van der Waals surface area contributed by atoms with Crippen LogP contribution in [0.25, 0.3) is 0 Å². The van der Waals surface area contributed by atoms with Gasteiger partial charge in [0, 0.05) is 11.8 Å². The van der Waals surface area contributed by atoms with Crippen LogP contribution in [-0.2, 0) is 4.79 Å². The Bertz CT molecular complexity index is 174. The summed E-state index contributed by atoms with van der Waals surface area (Å²) in [5, 5.41) is 0. The first kappa shape index (κ1) is 15.7. The predicted octanol–water partition coefficient (Wildman–Crippen LogP) is 4.99. The van der Waals surface area contributed by atoms with Crippen LogP contribution in [0.5, 0.6) is 0 Å². The van der Waals surface area contributed by atoms with Crippen LogP contribution in [-0.4, -0.2) is 5.78 Å². The van der Waals surface area contributed by atoms with Crippen molar-refractivity contribution in [1.82, 2.24) is 0 Å². The minimum Gasteiger partial charge on any atom is -0.299 e. The van der Waals surface area contributed by atoms with Crippen molar-refractivity contribution in [3.63, 3.8) is 0 Å². The SMILES string of the molecule is CCCCCCC(CCC)C(=O)C(C)CC. The zero-order chi connectivity index (χ0) is 12.4. The van der Waals surface area contributed by atoms with Gasteiger partial charge in [-0.25, -0.2) is 0 Å². The average Bonchev–Trinajstić information content (AvgIpc) is 2.31. The van der Waals surface area contributed by atoms with Gasteiger partial charge >= 0.3 is 0 Å². The van der Waals surface area contributed by atoms with Gasteiger partial charge in [0.15, 0.2) is 0 Å². The van der Waals surface area contributed by atoms with Gasteiger partial charge in [0.1, 0.15) is 5.78 Å². The highest BCUT2D eigenvalue weighted by Gasteiger charge is 2.21. The van der Waals surface area contributed by atoms with Crippen molar-refractivity contribution in [3.8, 4) is 0 Å². The highest BCUT2D eigenvalue weighted by molar-refractivity contribution is 5.83. The number of hydrogen-bond donors (Lipinski definition) is 0. The van der Waals surface area contributed by atoms with Gasteiger partial charge in [-0.1, -0.05) is 59.8 Å². The van der Waals surface area contributed by atoms with Gasteiger partial charge in [0.25, 0.3) is 0 Å². The van der Waals surface area contributed by atoms with Crippen LogP contribution in [0.2, 0.25) is 0 Å². The maximum Gasteiger partial charge on any atom is 0.138 e. The van der Waals surface area contributed by atoms with E-state index in [0.717, 1.165) is 25.7 Å². The third kappa shape index (κ3) is 6.30. The van der Waals surface area contributed by atoms with E-state index >= 15 is 0 Å². The first-order valence-electron chi connectivity index (χ1n) is 7.20. The van der Waals surface area contributed by atoms with E-state index in [1.165, 1.54) is 25.7 Å².